The van der Waals surface area contributed by atoms with E-state index in [9.17, 15) is 23.9 Å². The van der Waals surface area contributed by atoms with Gasteiger partial charge < -0.3 is 24.6 Å². The lowest BCUT2D eigenvalue weighted by Gasteiger charge is -2.26. The van der Waals surface area contributed by atoms with E-state index in [2.05, 4.69) is 23.7 Å². The molecule has 0 saturated carbocycles. The molecule has 1 aliphatic rings. The molecule has 8 nitrogen and oxygen atoms in total. The zero-order valence-electron chi connectivity index (χ0n) is 20.8. The molecule has 2 aromatic rings. The molecule has 0 aliphatic carbocycles. The highest BCUT2D eigenvalue weighted by Gasteiger charge is 2.46. The highest BCUT2D eigenvalue weighted by atomic mass is 19.1. The number of carbonyl (C=O) groups is 3. The molecule has 188 valence electrons. The third-order valence-corrected chi connectivity index (χ3v) is 6.56. The minimum atomic E-state index is -0.887. The Morgan fingerprint density at radius 3 is 2.37 bits per heavy atom. The largest absolute Gasteiger partial charge is 0.507 e. The second-order valence-corrected chi connectivity index (χ2v) is 8.54. The first-order valence-electron chi connectivity index (χ1n) is 11.7. The van der Waals surface area contributed by atoms with Crippen LogP contribution in [-0.4, -0.2) is 70.8 Å². The first-order valence-corrected chi connectivity index (χ1v) is 11.7. The number of carbonyl (C=O) groups excluding carboxylic acids is 3. The number of aryl methyl sites for hydroxylation is 1. The molecule has 1 aliphatic heterocycles. The van der Waals surface area contributed by atoms with Crippen molar-refractivity contribution in [2.24, 2.45) is 0 Å². The van der Waals surface area contributed by atoms with Crippen LogP contribution in [0.25, 0.3) is 5.76 Å². The quantitative estimate of drug-likeness (QED) is 0.243. The van der Waals surface area contributed by atoms with Gasteiger partial charge in [0.25, 0.3) is 11.7 Å². The number of aromatic nitrogens is 1. The van der Waals surface area contributed by atoms with Gasteiger partial charge in [0.1, 0.15) is 17.3 Å². The van der Waals surface area contributed by atoms with Gasteiger partial charge in [-0.05, 0) is 63.2 Å². The number of Topliss-reactive ketones (excluding diaryl/α,β-unsaturated/α-hetero) is 1. The molecule has 35 heavy (non-hydrogen) atoms. The van der Waals surface area contributed by atoms with Crippen molar-refractivity contribution in [1.29, 1.82) is 0 Å². The van der Waals surface area contributed by atoms with Gasteiger partial charge in [0.15, 0.2) is 0 Å². The summed E-state index contributed by atoms with van der Waals surface area (Å²) in [5, 5.41) is 11.4. The zero-order chi connectivity index (χ0) is 25.9. The number of aliphatic hydroxyl groups excluding tert-OH is 1. The monoisotopic (exact) mass is 485 g/mol. The Hall–Kier alpha value is -3.46. The number of halogens is 1. The van der Waals surface area contributed by atoms with Crippen LogP contribution < -0.4 is 0 Å². The number of nitrogens with zero attached hydrogens (tertiary/aromatic N) is 2. The second kappa shape index (κ2) is 10.9. The van der Waals surface area contributed by atoms with Gasteiger partial charge in [0, 0.05) is 17.8 Å². The number of hydrogen-bond acceptors (Lipinski definition) is 6. The fraction of sp³-hybridized carbons (Fsp3) is 0.423. The summed E-state index contributed by atoms with van der Waals surface area (Å²) >= 11 is 0. The van der Waals surface area contributed by atoms with Crippen molar-refractivity contribution < 1.29 is 28.6 Å². The summed E-state index contributed by atoms with van der Waals surface area (Å²) in [5.74, 6) is -2.99. The van der Waals surface area contributed by atoms with Crippen LogP contribution in [0.3, 0.4) is 0 Å². The molecular formula is C26H32FN3O5. The molecule has 1 aromatic carbocycles. The van der Waals surface area contributed by atoms with Gasteiger partial charge in [-0.25, -0.2) is 9.18 Å². The number of aromatic amines is 1. The Morgan fingerprint density at radius 2 is 1.80 bits per heavy atom. The van der Waals surface area contributed by atoms with Crippen molar-refractivity contribution in [3.63, 3.8) is 0 Å². The fourth-order valence-corrected chi connectivity index (χ4v) is 4.65. The van der Waals surface area contributed by atoms with Gasteiger partial charge in [-0.1, -0.05) is 26.0 Å². The van der Waals surface area contributed by atoms with Crippen molar-refractivity contribution >= 4 is 23.4 Å². The molecule has 1 amide bonds. The number of ether oxygens (including phenoxy) is 1. The predicted octanol–water partition coefficient (Wildman–Crippen LogP) is 3.71. The minimum Gasteiger partial charge on any atom is -0.507 e. The molecule has 2 heterocycles. The Bertz CT molecular complexity index is 1150. The normalized spacial score (nSPS) is 17.5. The van der Waals surface area contributed by atoms with Crippen molar-refractivity contribution in [3.05, 3.63) is 63.7 Å². The molecule has 3 rings (SSSR count). The molecular weight excluding hydrogens is 453 g/mol. The number of esters is 1. The number of amides is 1. The van der Waals surface area contributed by atoms with E-state index in [4.69, 9.17) is 4.74 Å². The van der Waals surface area contributed by atoms with E-state index in [0.717, 1.165) is 19.6 Å². The predicted molar refractivity (Wildman–Crippen MR) is 129 cm³/mol. The highest BCUT2D eigenvalue weighted by molar-refractivity contribution is 6.46. The summed E-state index contributed by atoms with van der Waals surface area (Å²) in [7, 11) is 1.25. The van der Waals surface area contributed by atoms with E-state index < -0.39 is 29.5 Å². The average Bonchev–Trinajstić information content (AvgIpc) is 3.28. The van der Waals surface area contributed by atoms with Crippen LogP contribution in [0.2, 0.25) is 0 Å². The first kappa shape index (κ1) is 26.2. The zero-order valence-corrected chi connectivity index (χ0v) is 20.8. The molecule has 9 heteroatoms. The van der Waals surface area contributed by atoms with Gasteiger partial charge in [0.05, 0.1) is 18.7 Å². The lowest BCUT2D eigenvalue weighted by Crippen LogP contribution is -2.33. The number of likely N-dealkylation sites (tertiary alicyclic amines) is 1. The number of rotatable bonds is 9. The fourth-order valence-electron chi connectivity index (χ4n) is 4.65. The smallest absolute Gasteiger partial charge is 0.354 e. The summed E-state index contributed by atoms with van der Waals surface area (Å²) in [4.78, 5) is 45.0. The van der Waals surface area contributed by atoms with E-state index >= 15 is 0 Å². The molecule has 1 saturated heterocycles. The molecule has 1 fully saturated rings. The van der Waals surface area contributed by atoms with Gasteiger partial charge in [-0.3, -0.25) is 9.59 Å². The van der Waals surface area contributed by atoms with Crippen LogP contribution in [0.4, 0.5) is 4.39 Å². The van der Waals surface area contributed by atoms with E-state index in [1.807, 2.05) is 0 Å². The van der Waals surface area contributed by atoms with Crippen molar-refractivity contribution in [3.8, 4) is 0 Å². The van der Waals surface area contributed by atoms with Gasteiger partial charge >= 0.3 is 5.97 Å². The number of methoxy groups -OCH3 is 1. The van der Waals surface area contributed by atoms with Crippen molar-refractivity contribution in [2.75, 3.05) is 33.3 Å². The SMILES string of the molecule is CCN(CC)CCCN1C(=O)C(=O)/C(=C(/O)c2c(C)[nH]c(C(=O)OC)c2C)[C@@H]1c1ccc(F)cc1. The third-order valence-electron chi connectivity index (χ3n) is 6.56. The topological polar surface area (TPSA) is 103 Å². The molecule has 0 radical (unpaired) electrons. The van der Waals surface area contributed by atoms with Gasteiger partial charge in [0.2, 0.25) is 0 Å². The van der Waals surface area contributed by atoms with Crippen LogP contribution in [-0.2, 0) is 14.3 Å². The second-order valence-electron chi connectivity index (χ2n) is 8.54. The summed E-state index contributed by atoms with van der Waals surface area (Å²) in [6, 6.07) is 4.64. The first-order chi connectivity index (χ1) is 16.7. The maximum absolute atomic E-state index is 13.7. The van der Waals surface area contributed by atoms with E-state index in [0.29, 0.717) is 29.8 Å². The number of hydrogen-bond donors (Lipinski definition) is 2. The van der Waals surface area contributed by atoms with Crippen molar-refractivity contribution in [2.45, 2.75) is 40.2 Å². The molecule has 1 aromatic heterocycles. The lowest BCUT2D eigenvalue weighted by atomic mass is 9.94. The standard InChI is InChI=1S/C26H32FN3O5/c1-6-29(7-2)13-8-14-30-22(17-9-11-18(27)12-10-17)20(24(32)25(30)33)23(31)19-15(3)21(26(34)35-5)28-16(19)4/h9-12,22,28,31H,6-8,13-14H2,1-5H3/b23-20+/t22-/m0/s1. The maximum Gasteiger partial charge on any atom is 0.354 e. The van der Waals surface area contributed by atoms with Crippen LogP contribution >= 0.6 is 0 Å². The van der Waals surface area contributed by atoms with Crippen LogP contribution in [0.1, 0.15) is 59.2 Å². The Kier molecular flexibility index (Phi) is 8.11. The summed E-state index contributed by atoms with van der Waals surface area (Å²) in [6.07, 6.45) is 0.626. The van der Waals surface area contributed by atoms with Crippen molar-refractivity contribution in [1.82, 2.24) is 14.8 Å². The lowest BCUT2D eigenvalue weighted by molar-refractivity contribution is -0.140. The summed E-state index contributed by atoms with van der Waals surface area (Å²) in [6.45, 7) is 10.1. The Labute approximate surface area is 204 Å². The number of H-pyrrole nitrogens is 1. The van der Waals surface area contributed by atoms with Crippen LogP contribution in [0.15, 0.2) is 29.8 Å². The number of benzene rings is 1. The molecule has 0 unspecified atom stereocenters. The number of ketones is 1. The number of nitrogens with one attached hydrogen (secondary N) is 1. The molecule has 1 atom stereocenters. The summed E-state index contributed by atoms with van der Waals surface area (Å²) < 4.78 is 18.5. The Balaban J connectivity index is 2.11. The number of aliphatic hydroxyl groups is 1. The van der Waals surface area contributed by atoms with Gasteiger partial charge in [-0.15, -0.1) is 0 Å². The van der Waals surface area contributed by atoms with E-state index in [1.165, 1.54) is 36.3 Å². The van der Waals surface area contributed by atoms with Crippen LogP contribution in [0, 0.1) is 19.7 Å². The maximum atomic E-state index is 13.7. The van der Waals surface area contributed by atoms with Gasteiger partial charge in [-0.2, -0.15) is 0 Å². The molecule has 2 N–H and O–H groups in total. The Morgan fingerprint density at radius 1 is 1.17 bits per heavy atom. The van der Waals surface area contributed by atoms with Crippen LogP contribution in [0.5, 0.6) is 0 Å². The van der Waals surface area contributed by atoms with E-state index in [1.54, 1.807) is 13.8 Å². The average molecular weight is 486 g/mol. The highest BCUT2D eigenvalue weighted by Crippen LogP contribution is 2.41. The molecule has 0 spiro atoms. The summed E-state index contributed by atoms with van der Waals surface area (Å²) in [5.41, 5.74) is 1.68. The third kappa shape index (κ3) is 5.00. The minimum absolute atomic E-state index is 0.0916. The van der Waals surface area contributed by atoms with E-state index in [-0.39, 0.29) is 22.6 Å². The molecule has 0 bridgehead atoms.